The second-order valence-corrected chi connectivity index (χ2v) is 4.29. The first kappa shape index (κ1) is 13.0. The third kappa shape index (κ3) is 2.89. The van der Waals surface area contributed by atoms with Gasteiger partial charge in [0.2, 0.25) is 0 Å². The van der Waals surface area contributed by atoms with Crippen LogP contribution < -0.4 is 0 Å². The lowest BCUT2D eigenvalue weighted by Gasteiger charge is -2.12. The van der Waals surface area contributed by atoms with E-state index in [4.69, 9.17) is 0 Å². The Hall–Kier alpha value is -2.41. The van der Waals surface area contributed by atoms with Crippen molar-refractivity contribution >= 4 is 11.3 Å². The van der Waals surface area contributed by atoms with Gasteiger partial charge in [0.05, 0.1) is 0 Å². The Morgan fingerprint density at radius 3 is 2.16 bits per heavy atom. The lowest BCUT2D eigenvalue weighted by molar-refractivity contribution is 1.47. The van der Waals surface area contributed by atoms with E-state index in [1.165, 1.54) is 0 Å². The Balaban J connectivity index is 2.49. The maximum Gasteiger partial charge on any atom is 0.0450 e. The van der Waals surface area contributed by atoms with Gasteiger partial charge in [0.15, 0.2) is 0 Å². The molecule has 1 heteroatoms. The SMILES string of the molecule is C=CN=C(C)c1ccccc1C(=C)c1ccccc1. The van der Waals surface area contributed by atoms with Crippen molar-refractivity contribution < 1.29 is 0 Å². The molecular formula is C18H17N. The fourth-order valence-electron chi connectivity index (χ4n) is 2.06. The van der Waals surface area contributed by atoms with Crippen LogP contribution in [-0.4, -0.2) is 5.71 Å². The Bertz CT molecular complexity index is 621. The molecule has 0 aromatic heterocycles. The molecule has 0 amide bonds. The van der Waals surface area contributed by atoms with E-state index in [-0.39, 0.29) is 0 Å². The van der Waals surface area contributed by atoms with E-state index in [2.05, 4.69) is 42.4 Å². The van der Waals surface area contributed by atoms with Crippen molar-refractivity contribution in [1.29, 1.82) is 0 Å². The van der Waals surface area contributed by atoms with Gasteiger partial charge in [-0.25, -0.2) is 0 Å². The van der Waals surface area contributed by atoms with Gasteiger partial charge in [-0.15, -0.1) is 0 Å². The highest BCUT2D eigenvalue weighted by molar-refractivity contribution is 6.04. The van der Waals surface area contributed by atoms with Crippen LogP contribution >= 0.6 is 0 Å². The zero-order chi connectivity index (χ0) is 13.7. The first-order chi connectivity index (χ1) is 9.24. The van der Waals surface area contributed by atoms with E-state index >= 15 is 0 Å². The molecule has 0 aliphatic heterocycles. The van der Waals surface area contributed by atoms with Gasteiger partial charge in [-0.2, -0.15) is 0 Å². The van der Waals surface area contributed by atoms with Crippen LogP contribution in [-0.2, 0) is 0 Å². The molecular weight excluding hydrogens is 230 g/mol. The summed E-state index contributed by atoms with van der Waals surface area (Å²) >= 11 is 0. The molecule has 0 unspecified atom stereocenters. The summed E-state index contributed by atoms with van der Waals surface area (Å²) in [6.45, 7) is 9.85. The molecule has 2 rings (SSSR count). The molecule has 1 nitrogen and oxygen atoms in total. The fourth-order valence-corrected chi connectivity index (χ4v) is 2.06. The minimum absolute atomic E-state index is 0.947. The van der Waals surface area contributed by atoms with Crippen LogP contribution in [0.2, 0.25) is 0 Å². The largest absolute Gasteiger partial charge is 0.262 e. The van der Waals surface area contributed by atoms with Crippen molar-refractivity contribution in [2.24, 2.45) is 4.99 Å². The number of hydrogen-bond acceptors (Lipinski definition) is 1. The molecule has 19 heavy (non-hydrogen) atoms. The maximum atomic E-state index is 4.27. The first-order valence-corrected chi connectivity index (χ1v) is 6.23. The van der Waals surface area contributed by atoms with Crippen LogP contribution in [0.5, 0.6) is 0 Å². The molecule has 0 atom stereocenters. The summed E-state index contributed by atoms with van der Waals surface area (Å²) in [5.74, 6) is 0. The molecule has 0 heterocycles. The standard InChI is InChI=1S/C18H17N/c1-4-19-15(3)18-13-9-8-12-17(18)14(2)16-10-6-5-7-11-16/h4-13H,1-2H2,3H3. The van der Waals surface area contributed by atoms with E-state index in [1.807, 2.05) is 37.3 Å². The van der Waals surface area contributed by atoms with Crippen LogP contribution in [0.15, 0.2) is 78.9 Å². The molecule has 0 saturated heterocycles. The van der Waals surface area contributed by atoms with Crippen LogP contribution in [0.3, 0.4) is 0 Å². The van der Waals surface area contributed by atoms with Gasteiger partial charge in [0.25, 0.3) is 0 Å². The molecule has 2 aromatic rings. The summed E-state index contributed by atoms with van der Waals surface area (Å²) in [4.78, 5) is 4.27. The van der Waals surface area contributed by atoms with Crippen molar-refractivity contribution in [1.82, 2.24) is 0 Å². The van der Waals surface area contributed by atoms with Crippen molar-refractivity contribution in [2.75, 3.05) is 0 Å². The van der Waals surface area contributed by atoms with Crippen LogP contribution in [0.25, 0.3) is 5.57 Å². The molecule has 0 aliphatic rings. The summed E-state index contributed by atoms with van der Waals surface area (Å²) < 4.78 is 0. The second-order valence-electron chi connectivity index (χ2n) is 4.29. The highest BCUT2D eigenvalue weighted by atomic mass is 14.7. The van der Waals surface area contributed by atoms with Gasteiger partial charge in [-0.1, -0.05) is 67.8 Å². The molecule has 0 fully saturated rings. The molecule has 0 radical (unpaired) electrons. The summed E-state index contributed by atoms with van der Waals surface area (Å²) in [5.41, 5.74) is 5.28. The van der Waals surface area contributed by atoms with Crippen LogP contribution in [0.1, 0.15) is 23.6 Å². The normalized spacial score (nSPS) is 11.1. The third-order valence-corrected chi connectivity index (χ3v) is 3.05. The highest BCUT2D eigenvalue weighted by Crippen LogP contribution is 2.25. The molecule has 0 aliphatic carbocycles. The zero-order valence-electron chi connectivity index (χ0n) is 11.1. The van der Waals surface area contributed by atoms with Crippen molar-refractivity contribution in [3.63, 3.8) is 0 Å². The van der Waals surface area contributed by atoms with E-state index in [9.17, 15) is 0 Å². The predicted octanol–water partition coefficient (Wildman–Crippen LogP) is 4.70. The smallest absolute Gasteiger partial charge is 0.0450 e. The second kappa shape index (κ2) is 5.96. The number of hydrogen-bond donors (Lipinski definition) is 0. The minimum atomic E-state index is 0.947. The Morgan fingerprint density at radius 2 is 1.53 bits per heavy atom. The van der Waals surface area contributed by atoms with Gasteiger partial charge >= 0.3 is 0 Å². The molecule has 0 saturated carbocycles. The monoisotopic (exact) mass is 247 g/mol. The maximum absolute atomic E-state index is 4.27. The fraction of sp³-hybridized carbons (Fsp3) is 0.0556. The highest BCUT2D eigenvalue weighted by Gasteiger charge is 2.09. The minimum Gasteiger partial charge on any atom is -0.262 e. The van der Waals surface area contributed by atoms with Crippen molar-refractivity contribution in [2.45, 2.75) is 6.92 Å². The number of aliphatic imine (C=N–C) groups is 1. The van der Waals surface area contributed by atoms with Gasteiger partial charge in [0, 0.05) is 17.5 Å². The third-order valence-electron chi connectivity index (χ3n) is 3.05. The first-order valence-electron chi connectivity index (χ1n) is 6.23. The van der Waals surface area contributed by atoms with Gasteiger partial charge in [0.1, 0.15) is 0 Å². The van der Waals surface area contributed by atoms with Crippen LogP contribution in [0, 0.1) is 0 Å². The van der Waals surface area contributed by atoms with E-state index < -0.39 is 0 Å². The summed E-state index contributed by atoms with van der Waals surface area (Å²) in [5, 5.41) is 0. The molecule has 2 aromatic carbocycles. The Morgan fingerprint density at radius 1 is 0.947 bits per heavy atom. The lowest BCUT2D eigenvalue weighted by atomic mass is 9.93. The quantitative estimate of drug-likeness (QED) is 0.694. The van der Waals surface area contributed by atoms with E-state index in [0.29, 0.717) is 0 Å². The average Bonchev–Trinajstić information content (AvgIpc) is 2.47. The van der Waals surface area contributed by atoms with Crippen LogP contribution in [0.4, 0.5) is 0 Å². The van der Waals surface area contributed by atoms with Crippen molar-refractivity contribution in [3.8, 4) is 0 Å². The van der Waals surface area contributed by atoms with Gasteiger partial charge < -0.3 is 0 Å². The Kier molecular flexibility index (Phi) is 4.09. The lowest BCUT2D eigenvalue weighted by Crippen LogP contribution is -2.00. The number of benzene rings is 2. The number of rotatable bonds is 4. The predicted molar refractivity (Wildman–Crippen MR) is 83.4 cm³/mol. The average molecular weight is 247 g/mol. The summed E-state index contributed by atoms with van der Waals surface area (Å²) in [7, 11) is 0. The Labute approximate surface area is 114 Å². The molecule has 0 spiro atoms. The molecule has 0 bridgehead atoms. The van der Waals surface area contributed by atoms with E-state index in [1.54, 1.807) is 6.20 Å². The van der Waals surface area contributed by atoms with Gasteiger partial charge in [-0.3, -0.25) is 4.99 Å². The van der Waals surface area contributed by atoms with E-state index in [0.717, 1.165) is 28.0 Å². The molecule has 94 valence electrons. The zero-order valence-corrected chi connectivity index (χ0v) is 11.1. The summed E-state index contributed by atoms with van der Waals surface area (Å²) in [6.07, 6.45) is 1.57. The topological polar surface area (TPSA) is 12.4 Å². The number of nitrogens with zero attached hydrogens (tertiary/aromatic N) is 1. The van der Waals surface area contributed by atoms with Crippen molar-refractivity contribution in [3.05, 3.63) is 90.6 Å². The summed E-state index contributed by atoms with van der Waals surface area (Å²) in [6, 6.07) is 18.4. The molecule has 0 N–H and O–H groups in total. The van der Waals surface area contributed by atoms with Gasteiger partial charge in [-0.05, 0) is 23.6 Å².